The van der Waals surface area contributed by atoms with Crippen LogP contribution in [0.3, 0.4) is 0 Å². The maximum Gasteiger partial charge on any atom is 0.356 e. The molecule has 0 amide bonds. The van der Waals surface area contributed by atoms with Gasteiger partial charge in [-0.05, 0) is 19.3 Å². The Kier molecular flexibility index (Phi) is 4.98. The van der Waals surface area contributed by atoms with Crippen LogP contribution >= 0.6 is 0 Å². The fourth-order valence-electron chi connectivity index (χ4n) is 1.16. The maximum atomic E-state index is 10.5. The Morgan fingerprint density at radius 2 is 2.25 bits per heavy atom. The number of hydrogen-bond acceptors (Lipinski definition) is 4. The number of rotatable bonds is 7. The molecule has 0 aliphatic heterocycles. The Morgan fingerprint density at radius 1 is 1.44 bits per heavy atom. The lowest BCUT2D eigenvalue weighted by Gasteiger charge is -2.04. The Morgan fingerprint density at radius 3 is 2.81 bits per heavy atom. The van der Waals surface area contributed by atoms with Gasteiger partial charge in [-0.15, -0.1) is 6.58 Å². The smallest absolute Gasteiger partial charge is 0.356 e. The number of aromatic carboxylic acids is 1. The van der Waals surface area contributed by atoms with Crippen LogP contribution in [0.25, 0.3) is 0 Å². The summed E-state index contributed by atoms with van der Waals surface area (Å²) < 4.78 is 0. The number of nitrogens with zero attached hydrogens (tertiary/aromatic N) is 2. The molecule has 0 bridgehead atoms. The molecule has 0 fully saturated rings. The van der Waals surface area contributed by atoms with Crippen molar-refractivity contribution in [2.75, 3.05) is 11.9 Å². The molecule has 86 valence electrons. The third kappa shape index (κ3) is 4.08. The summed E-state index contributed by atoms with van der Waals surface area (Å²) in [4.78, 5) is 18.2. The molecule has 1 heterocycles. The Bertz CT molecular complexity index is 349. The van der Waals surface area contributed by atoms with Gasteiger partial charge in [0.2, 0.25) is 0 Å². The average Bonchev–Trinajstić information content (AvgIpc) is 2.29. The molecule has 16 heavy (non-hydrogen) atoms. The van der Waals surface area contributed by atoms with Crippen molar-refractivity contribution in [3.8, 4) is 0 Å². The lowest BCUT2D eigenvalue weighted by atomic mass is 10.2. The first-order valence-electron chi connectivity index (χ1n) is 5.14. The number of allylic oxidation sites excluding steroid dienone is 1. The number of nitrogens with one attached hydrogen (secondary N) is 1. The molecule has 0 aromatic carbocycles. The first-order valence-corrected chi connectivity index (χ1v) is 5.14. The van der Waals surface area contributed by atoms with E-state index in [1.807, 2.05) is 6.08 Å². The second-order valence-corrected chi connectivity index (χ2v) is 3.30. The van der Waals surface area contributed by atoms with Crippen LogP contribution < -0.4 is 5.32 Å². The van der Waals surface area contributed by atoms with E-state index in [0.717, 1.165) is 25.8 Å². The van der Waals surface area contributed by atoms with E-state index in [1.54, 1.807) is 0 Å². The van der Waals surface area contributed by atoms with Crippen LogP contribution in [0.5, 0.6) is 0 Å². The zero-order valence-electron chi connectivity index (χ0n) is 9.02. The van der Waals surface area contributed by atoms with Crippen LogP contribution in [0.1, 0.15) is 29.8 Å². The molecule has 0 radical (unpaired) electrons. The number of carbonyl (C=O) groups is 1. The van der Waals surface area contributed by atoms with E-state index in [1.165, 1.54) is 12.4 Å². The van der Waals surface area contributed by atoms with Crippen molar-refractivity contribution in [3.63, 3.8) is 0 Å². The lowest BCUT2D eigenvalue weighted by molar-refractivity contribution is 0.0690. The summed E-state index contributed by atoms with van der Waals surface area (Å²) in [6.07, 6.45) is 7.67. The molecule has 0 spiro atoms. The molecule has 2 N–H and O–H groups in total. The molecule has 0 aliphatic rings. The van der Waals surface area contributed by atoms with Crippen LogP contribution in [0, 0.1) is 0 Å². The van der Waals surface area contributed by atoms with Crippen LogP contribution in [-0.2, 0) is 0 Å². The van der Waals surface area contributed by atoms with Gasteiger partial charge in [-0.3, -0.25) is 0 Å². The monoisotopic (exact) mass is 221 g/mol. The topological polar surface area (TPSA) is 75.1 Å². The Labute approximate surface area is 94.2 Å². The van der Waals surface area contributed by atoms with Crippen LogP contribution in [0.4, 0.5) is 5.82 Å². The highest BCUT2D eigenvalue weighted by Crippen LogP contribution is 2.02. The zero-order chi connectivity index (χ0) is 11.8. The second-order valence-electron chi connectivity index (χ2n) is 3.30. The second kappa shape index (κ2) is 6.55. The maximum absolute atomic E-state index is 10.5. The Hall–Kier alpha value is -1.91. The number of carboxylic acids is 1. The van der Waals surface area contributed by atoms with E-state index in [4.69, 9.17) is 5.11 Å². The first-order chi connectivity index (χ1) is 7.74. The van der Waals surface area contributed by atoms with E-state index >= 15 is 0 Å². The van der Waals surface area contributed by atoms with E-state index in [-0.39, 0.29) is 5.69 Å². The minimum atomic E-state index is -1.06. The van der Waals surface area contributed by atoms with Gasteiger partial charge in [-0.2, -0.15) is 0 Å². The number of unbranched alkanes of at least 4 members (excludes halogenated alkanes) is 2. The van der Waals surface area contributed by atoms with Gasteiger partial charge in [0.05, 0.1) is 12.4 Å². The van der Waals surface area contributed by atoms with E-state index in [0.29, 0.717) is 5.82 Å². The summed E-state index contributed by atoms with van der Waals surface area (Å²) in [7, 11) is 0. The highest BCUT2D eigenvalue weighted by molar-refractivity contribution is 5.84. The SMILES string of the molecule is C=CCCCCNc1cnc(C(=O)O)cn1. The zero-order valence-corrected chi connectivity index (χ0v) is 9.02. The van der Waals surface area contributed by atoms with Crippen LogP contribution in [-0.4, -0.2) is 27.6 Å². The van der Waals surface area contributed by atoms with Gasteiger partial charge >= 0.3 is 5.97 Å². The summed E-state index contributed by atoms with van der Waals surface area (Å²) in [5.74, 6) is -0.464. The number of anilines is 1. The molecule has 1 rings (SSSR count). The normalized spacial score (nSPS) is 9.75. The third-order valence-electron chi connectivity index (χ3n) is 2.01. The molecule has 0 saturated carbocycles. The van der Waals surface area contributed by atoms with Gasteiger partial charge in [0.25, 0.3) is 0 Å². The molecule has 0 saturated heterocycles. The molecule has 5 nitrogen and oxygen atoms in total. The fourth-order valence-corrected chi connectivity index (χ4v) is 1.16. The van der Waals surface area contributed by atoms with Crippen molar-refractivity contribution in [2.45, 2.75) is 19.3 Å². The van der Waals surface area contributed by atoms with E-state index < -0.39 is 5.97 Å². The van der Waals surface area contributed by atoms with Gasteiger partial charge in [0, 0.05) is 6.54 Å². The van der Waals surface area contributed by atoms with Gasteiger partial charge in [0.15, 0.2) is 5.69 Å². The summed E-state index contributed by atoms with van der Waals surface area (Å²) in [6.45, 7) is 4.44. The van der Waals surface area contributed by atoms with Gasteiger partial charge < -0.3 is 10.4 Å². The minimum absolute atomic E-state index is 0.0443. The predicted molar refractivity (Wildman–Crippen MR) is 61.5 cm³/mol. The van der Waals surface area contributed by atoms with E-state index in [9.17, 15) is 4.79 Å². The Balaban J connectivity index is 2.32. The standard InChI is InChI=1S/C11H15N3O2/c1-2-3-4-5-6-12-10-8-13-9(7-14-10)11(15)16/h2,7-8H,1,3-6H2,(H,12,14)(H,15,16). The van der Waals surface area contributed by atoms with Crippen LogP contribution in [0.2, 0.25) is 0 Å². The fraction of sp³-hybridized carbons (Fsp3) is 0.364. The van der Waals surface area contributed by atoms with Gasteiger partial charge in [0.1, 0.15) is 5.82 Å². The average molecular weight is 221 g/mol. The molecule has 5 heteroatoms. The summed E-state index contributed by atoms with van der Waals surface area (Å²) in [5, 5.41) is 11.7. The van der Waals surface area contributed by atoms with Gasteiger partial charge in [-0.1, -0.05) is 6.08 Å². The quantitative estimate of drug-likeness (QED) is 0.543. The third-order valence-corrected chi connectivity index (χ3v) is 2.01. The van der Waals surface area contributed by atoms with Crippen molar-refractivity contribution >= 4 is 11.8 Å². The predicted octanol–water partition coefficient (Wildman–Crippen LogP) is 1.94. The molecule has 0 aliphatic carbocycles. The number of hydrogen-bond donors (Lipinski definition) is 2. The largest absolute Gasteiger partial charge is 0.476 e. The molecular formula is C11H15N3O2. The summed E-state index contributed by atoms with van der Waals surface area (Å²) in [5.41, 5.74) is -0.0443. The molecule has 0 unspecified atom stereocenters. The molecule has 1 aromatic heterocycles. The summed E-state index contributed by atoms with van der Waals surface area (Å²) in [6, 6.07) is 0. The first kappa shape index (κ1) is 12.2. The minimum Gasteiger partial charge on any atom is -0.476 e. The van der Waals surface area contributed by atoms with Crippen molar-refractivity contribution in [3.05, 3.63) is 30.7 Å². The molecular weight excluding hydrogens is 206 g/mol. The molecule has 0 atom stereocenters. The number of carboxylic acid groups (broad SMARTS) is 1. The van der Waals surface area contributed by atoms with Gasteiger partial charge in [-0.25, -0.2) is 14.8 Å². The lowest BCUT2D eigenvalue weighted by Crippen LogP contribution is -2.06. The summed E-state index contributed by atoms with van der Waals surface area (Å²) >= 11 is 0. The van der Waals surface area contributed by atoms with Crippen molar-refractivity contribution in [2.24, 2.45) is 0 Å². The molecule has 1 aromatic rings. The highest BCUT2D eigenvalue weighted by Gasteiger charge is 2.03. The number of aromatic nitrogens is 2. The van der Waals surface area contributed by atoms with Crippen LogP contribution in [0.15, 0.2) is 25.0 Å². The highest BCUT2D eigenvalue weighted by atomic mass is 16.4. The van der Waals surface area contributed by atoms with Crippen molar-refractivity contribution in [1.82, 2.24) is 9.97 Å². The van der Waals surface area contributed by atoms with Crippen molar-refractivity contribution in [1.29, 1.82) is 0 Å². The van der Waals surface area contributed by atoms with E-state index in [2.05, 4.69) is 21.9 Å². The van der Waals surface area contributed by atoms with Crippen molar-refractivity contribution < 1.29 is 9.90 Å².